The van der Waals surface area contributed by atoms with Crippen molar-refractivity contribution in [2.75, 3.05) is 18.6 Å². The van der Waals surface area contributed by atoms with Crippen molar-refractivity contribution in [2.45, 2.75) is 26.1 Å². The van der Waals surface area contributed by atoms with Gasteiger partial charge in [0.15, 0.2) is 15.7 Å². The highest BCUT2D eigenvalue weighted by Gasteiger charge is 2.31. The summed E-state index contributed by atoms with van der Waals surface area (Å²) in [6, 6.07) is 15.5. The third kappa shape index (κ3) is 4.23. The molecule has 1 aliphatic heterocycles. The van der Waals surface area contributed by atoms with Gasteiger partial charge in [0, 0.05) is 16.6 Å². The van der Waals surface area contributed by atoms with Gasteiger partial charge < -0.3 is 0 Å². The molecule has 30 heavy (non-hydrogen) atoms. The van der Waals surface area contributed by atoms with Crippen LogP contribution in [0.5, 0.6) is 0 Å². The van der Waals surface area contributed by atoms with Crippen molar-refractivity contribution in [3.05, 3.63) is 63.9 Å². The first-order valence-corrected chi connectivity index (χ1v) is 12.3. The monoisotopic (exact) mass is 462 g/mol. The van der Waals surface area contributed by atoms with E-state index in [1.807, 2.05) is 72.0 Å². The third-order valence-corrected chi connectivity index (χ3v) is 7.88. The summed E-state index contributed by atoms with van der Waals surface area (Å²) in [5.41, 5.74) is 2.95. The molecule has 0 spiro atoms. The normalized spacial score (nSPS) is 18.2. The molecule has 9 heteroatoms. The lowest BCUT2D eigenvalue weighted by Crippen LogP contribution is -2.34. The maximum atomic E-state index is 11.9. The molecule has 1 aliphatic rings. The summed E-state index contributed by atoms with van der Waals surface area (Å²) >= 11 is 11.9. The minimum Gasteiger partial charge on any atom is -0.283 e. The summed E-state index contributed by atoms with van der Waals surface area (Å²) in [6.45, 7) is 2.45. The smallest absolute Gasteiger partial charge is 0.204 e. The second-order valence-corrected chi connectivity index (χ2v) is 10.7. The Balaban J connectivity index is 1.77. The lowest BCUT2D eigenvalue weighted by atomic mass is 10.1. The topological polar surface area (TPSA) is 60.1 Å². The summed E-state index contributed by atoms with van der Waals surface area (Å²) in [7, 11) is -1.04. The van der Waals surface area contributed by atoms with Gasteiger partial charge in [-0.05, 0) is 68.5 Å². The van der Waals surface area contributed by atoms with E-state index in [0.29, 0.717) is 22.9 Å². The number of aryl methyl sites for hydroxylation is 1. The van der Waals surface area contributed by atoms with Gasteiger partial charge in [0.1, 0.15) is 0 Å². The van der Waals surface area contributed by atoms with Crippen LogP contribution in [-0.4, -0.2) is 52.3 Å². The van der Waals surface area contributed by atoms with Crippen molar-refractivity contribution in [1.82, 2.24) is 19.2 Å². The third-order valence-electron chi connectivity index (χ3n) is 5.49. The van der Waals surface area contributed by atoms with Gasteiger partial charge in [-0.1, -0.05) is 29.8 Å². The average molecular weight is 463 g/mol. The average Bonchev–Trinajstić information content (AvgIpc) is 3.23. The highest BCUT2D eigenvalue weighted by atomic mass is 35.5. The van der Waals surface area contributed by atoms with E-state index in [2.05, 4.69) is 0 Å². The second kappa shape index (κ2) is 8.26. The fraction of sp³-hybridized carbons (Fsp3) is 0.333. The second-order valence-electron chi connectivity index (χ2n) is 7.69. The van der Waals surface area contributed by atoms with E-state index < -0.39 is 9.84 Å². The first-order chi connectivity index (χ1) is 14.2. The van der Waals surface area contributed by atoms with Gasteiger partial charge in [-0.15, -0.1) is 5.10 Å². The minimum atomic E-state index is -2.96. The maximum Gasteiger partial charge on any atom is 0.204 e. The van der Waals surface area contributed by atoms with Crippen LogP contribution < -0.4 is 0 Å². The van der Waals surface area contributed by atoms with Crippen LogP contribution >= 0.6 is 23.8 Å². The summed E-state index contributed by atoms with van der Waals surface area (Å²) in [6.07, 6.45) is 0.634. The number of hydrogen-bond donors (Lipinski definition) is 0. The Kier molecular flexibility index (Phi) is 5.85. The number of nitrogens with zero attached hydrogens (tertiary/aromatic N) is 4. The zero-order chi connectivity index (χ0) is 21.5. The first kappa shape index (κ1) is 21.2. The molecule has 0 aliphatic carbocycles. The van der Waals surface area contributed by atoms with Gasteiger partial charge in [0.2, 0.25) is 4.77 Å². The van der Waals surface area contributed by atoms with Crippen molar-refractivity contribution in [1.29, 1.82) is 0 Å². The molecule has 0 amide bonds. The Morgan fingerprint density at radius 2 is 1.90 bits per heavy atom. The number of rotatable bonds is 5. The van der Waals surface area contributed by atoms with Crippen LogP contribution in [0.3, 0.4) is 0 Å². The summed E-state index contributed by atoms with van der Waals surface area (Å²) in [4.78, 5) is 2.02. The number of para-hydroxylation sites is 1. The number of benzene rings is 2. The molecule has 2 heterocycles. The molecule has 1 aromatic heterocycles. The van der Waals surface area contributed by atoms with Crippen molar-refractivity contribution in [2.24, 2.45) is 0 Å². The molecular weight excluding hydrogens is 440 g/mol. The van der Waals surface area contributed by atoms with Crippen LogP contribution in [0.2, 0.25) is 5.02 Å². The van der Waals surface area contributed by atoms with Gasteiger partial charge in [-0.25, -0.2) is 13.1 Å². The van der Waals surface area contributed by atoms with E-state index in [0.717, 1.165) is 22.6 Å². The van der Waals surface area contributed by atoms with Gasteiger partial charge in [-0.2, -0.15) is 0 Å². The Bertz CT molecular complexity index is 1230. The van der Waals surface area contributed by atoms with Crippen molar-refractivity contribution >= 4 is 33.7 Å². The minimum absolute atomic E-state index is 0.0282. The molecule has 158 valence electrons. The fourth-order valence-electron chi connectivity index (χ4n) is 3.77. The maximum absolute atomic E-state index is 11.9. The van der Waals surface area contributed by atoms with Crippen LogP contribution in [0.15, 0.2) is 48.5 Å². The molecule has 0 bridgehead atoms. The lowest BCUT2D eigenvalue weighted by molar-refractivity contribution is 0.196. The van der Waals surface area contributed by atoms with E-state index in [-0.39, 0.29) is 17.5 Å². The van der Waals surface area contributed by atoms with Crippen molar-refractivity contribution < 1.29 is 8.42 Å². The molecule has 1 saturated heterocycles. The van der Waals surface area contributed by atoms with Crippen LogP contribution in [0.25, 0.3) is 17.1 Å². The van der Waals surface area contributed by atoms with Crippen molar-refractivity contribution in [3.8, 4) is 17.1 Å². The van der Waals surface area contributed by atoms with Gasteiger partial charge in [0.05, 0.1) is 23.9 Å². The summed E-state index contributed by atoms with van der Waals surface area (Å²) in [5, 5.41) is 5.47. The first-order valence-electron chi connectivity index (χ1n) is 9.67. The Hall–Kier alpha value is -2.00. The molecule has 0 N–H and O–H groups in total. The van der Waals surface area contributed by atoms with Crippen LogP contribution in [-0.2, 0) is 16.5 Å². The zero-order valence-corrected chi connectivity index (χ0v) is 19.2. The van der Waals surface area contributed by atoms with Crippen LogP contribution in [0.1, 0.15) is 12.0 Å². The van der Waals surface area contributed by atoms with E-state index in [1.165, 1.54) is 0 Å². The summed E-state index contributed by atoms with van der Waals surface area (Å²) < 4.78 is 28.0. The molecule has 0 saturated carbocycles. The SMILES string of the molecule is Cc1ccccc1-n1c(-c2ccc(Cl)cc2)nn(CN(C)C2CCS(=O)(=O)C2)c1=S. The van der Waals surface area contributed by atoms with Crippen molar-refractivity contribution in [3.63, 3.8) is 0 Å². The van der Waals surface area contributed by atoms with Gasteiger partial charge >= 0.3 is 0 Å². The molecule has 6 nitrogen and oxygen atoms in total. The van der Waals surface area contributed by atoms with E-state index in [4.69, 9.17) is 28.9 Å². The van der Waals surface area contributed by atoms with Gasteiger partial charge in [0.25, 0.3) is 0 Å². The number of aromatic nitrogens is 3. The molecule has 1 fully saturated rings. The Labute approximate surface area is 186 Å². The molecule has 2 aromatic carbocycles. The zero-order valence-electron chi connectivity index (χ0n) is 16.8. The highest BCUT2D eigenvalue weighted by Crippen LogP contribution is 2.26. The number of sulfone groups is 1. The van der Waals surface area contributed by atoms with E-state index >= 15 is 0 Å². The molecule has 4 rings (SSSR count). The summed E-state index contributed by atoms with van der Waals surface area (Å²) in [5.74, 6) is 1.14. The van der Waals surface area contributed by atoms with Crippen LogP contribution in [0, 0.1) is 11.7 Å². The Morgan fingerprint density at radius 3 is 2.53 bits per heavy atom. The van der Waals surface area contributed by atoms with Gasteiger partial charge in [-0.3, -0.25) is 9.47 Å². The highest BCUT2D eigenvalue weighted by molar-refractivity contribution is 7.91. The van der Waals surface area contributed by atoms with E-state index in [1.54, 1.807) is 4.68 Å². The number of hydrogen-bond acceptors (Lipinski definition) is 5. The molecule has 1 unspecified atom stereocenters. The lowest BCUT2D eigenvalue weighted by Gasteiger charge is -2.22. The molecule has 0 radical (unpaired) electrons. The molecule has 1 atom stereocenters. The quantitative estimate of drug-likeness (QED) is 0.534. The fourth-order valence-corrected chi connectivity index (χ4v) is 5.98. The Morgan fingerprint density at radius 1 is 1.20 bits per heavy atom. The standard InChI is InChI=1S/C21H23ClN4O2S2/c1-15-5-3-4-6-19(15)26-20(16-7-9-17(22)10-8-16)23-25(21(26)29)14-24(2)18-11-12-30(27,28)13-18/h3-10,18H,11-14H2,1-2H3. The molecular formula is C21H23ClN4O2S2. The predicted octanol–water partition coefficient (Wildman–Crippen LogP) is 4.11. The van der Waals surface area contributed by atoms with Crippen LogP contribution in [0.4, 0.5) is 0 Å². The largest absolute Gasteiger partial charge is 0.283 e. The van der Waals surface area contributed by atoms with E-state index in [9.17, 15) is 8.42 Å². The molecule has 3 aromatic rings. The number of halogens is 1. The predicted molar refractivity (Wildman–Crippen MR) is 122 cm³/mol.